The summed E-state index contributed by atoms with van der Waals surface area (Å²) in [4.78, 5) is 11.2. The molecule has 1 rings (SSSR count). The third-order valence-corrected chi connectivity index (χ3v) is 2.97. The van der Waals surface area contributed by atoms with Crippen molar-refractivity contribution in [2.45, 2.75) is 31.2 Å². The van der Waals surface area contributed by atoms with E-state index in [0.29, 0.717) is 18.7 Å². The van der Waals surface area contributed by atoms with E-state index < -0.39 is 0 Å². The number of carbonyl (C=O) groups is 1. The monoisotopic (exact) mass is 213 g/mol. The van der Waals surface area contributed by atoms with Crippen molar-refractivity contribution in [3.8, 4) is 0 Å². The van der Waals surface area contributed by atoms with Crippen molar-refractivity contribution >= 4 is 5.97 Å². The Labute approximate surface area is 90.6 Å². The molecule has 0 saturated heterocycles. The second-order valence-corrected chi connectivity index (χ2v) is 3.98. The maximum Gasteiger partial charge on any atom is 0.307 e. The minimum atomic E-state index is -0.162. The summed E-state index contributed by atoms with van der Waals surface area (Å²) < 4.78 is 9.65. The molecule has 0 bridgehead atoms. The zero-order chi connectivity index (χ0) is 11.3. The fraction of sp³-hybridized carbons (Fsp3) is 0.727. The molecule has 86 valence electrons. The highest BCUT2D eigenvalue weighted by atomic mass is 16.5. The van der Waals surface area contributed by atoms with Crippen molar-refractivity contribution in [2.75, 3.05) is 20.8 Å². The lowest BCUT2D eigenvalue weighted by atomic mass is 9.74. The summed E-state index contributed by atoms with van der Waals surface area (Å²) in [6.07, 6.45) is 3.61. The second kappa shape index (κ2) is 5.16. The fourth-order valence-corrected chi connectivity index (χ4v) is 1.73. The van der Waals surface area contributed by atoms with Gasteiger partial charge in [0.25, 0.3) is 0 Å². The quantitative estimate of drug-likeness (QED) is 0.532. The van der Waals surface area contributed by atoms with Gasteiger partial charge in [-0.15, -0.1) is 0 Å². The Morgan fingerprint density at radius 3 is 2.47 bits per heavy atom. The summed E-state index contributed by atoms with van der Waals surface area (Å²) >= 11 is 0. The zero-order valence-corrected chi connectivity index (χ0v) is 9.47. The molecule has 4 nitrogen and oxygen atoms in total. The highest BCUT2D eigenvalue weighted by Crippen LogP contribution is 2.35. The molecule has 1 aliphatic rings. The SMILES string of the molecule is C=C(CNC1(CC(=O)OC)CCC1)OC. The lowest BCUT2D eigenvalue weighted by Crippen LogP contribution is -2.53. The maximum absolute atomic E-state index is 11.2. The number of nitrogens with one attached hydrogen (secondary N) is 1. The molecule has 1 fully saturated rings. The number of methoxy groups -OCH3 is 2. The van der Waals surface area contributed by atoms with Gasteiger partial charge in [0.05, 0.1) is 27.2 Å². The van der Waals surface area contributed by atoms with E-state index in [-0.39, 0.29) is 11.5 Å². The Bertz CT molecular complexity index is 246. The lowest BCUT2D eigenvalue weighted by molar-refractivity contribution is -0.143. The summed E-state index contributed by atoms with van der Waals surface area (Å²) in [5.74, 6) is 0.524. The Kier molecular flexibility index (Phi) is 4.15. The van der Waals surface area contributed by atoms with Crippen LogP contribution in [-0.4, -0.2) is 32.3 Å². The number of rotatable bonds is 6. The molecule has 0 aromatic heterocycles. The van der Waals surface area contributed by atoms with Gasteiger partial charge in [0.1, 0.15) is 5.76 Å². The molecule has 15 heavy (non-hydrogen) atoms. The van der Waals surface area contributed by atoms with Crippen LogP contribution in [0.4, 0.5) is 0 Å². The normalized spacial score (nSPS) is 17.7. The van der Waals surface area contributed by atoms with Crippen LogP contribution in [0.15, 0.2) is 12.3 Å². The van der Waals surface area contributed by atoms with Crippen LogP contribution in [0, 0.1) is 0 Å². The highest BCUT2D eigenvalue weighted by molar-refractivity contribution is 5.71. The molecule has 0 heterocycles. The third kappa shape index (κ3) is 3.23. The number of hydrogen-bond acceptors (Lipinski definition) is 4. The predicted molar refractivity (Wildman–Crippen MR) is 57.4 cm³/mol. The number of carbonyl (C=O) groups excluding carboxylic acids is 1. The Hall–Kier alpha value is -1.03. The number of ether oxygens (including phenoxy) is 2. The van der Waals surface area contributed by atoms with Gasteiger partial charge in [0.2, 0.25) is 0 Å². The summed E-state index contributed by atoms with van der Waals surface area (Å²) in [7, 11) is 3.01. The van der Waals surface area contributed by atoms with Gasteiger partial charge < -0.3 is 14.8 Å². The molecule has 0 unspecified atom stereocenters. The molecule has 0 aromatic carbocycles. The second-order valence-electron chi connectivity index (χ2n) is 3.98. The van der Waals surface area contributed by atoms with Crippen molar-refractivity contribution in [1.29, 1.82) is 0 Å². The van der Waals surface area contributed by atoms with Crippen molar-refractivity contribution in [2.24, 2.45) is 0 Å². The highest BCUT2D eigenvalue weighted by Gasteiger charge is 2.38. The van der Waals surface area contributed by atoms with Gasteiger partial charge >= 0.3 is 5.97 Å². The molecule has 0 amide bonds. The van der Waals surface area contributed by atoms with E-state index in [1.165, 1.54) is 7.11 Å². The molecule has 0 atom stereocenters. The van der Waals surface area contributed by atoms with E-state index in [1.807, 2.05) is 0 Å². The van der Waals surface area contributed by atoms with Crippen molar-refractivity contribution < 1.29 is 14.3 Å². The van der Waals surface area contributed by atoms with E-state index >= 15 is 0 Å². The summed E-state index contributed by atoms with van der Waals surface area (Å²) in [5.41, 5.74) is -0.0887. The Morgan fingerprint density at radius 2 is 2.07 bits per heavy atom. The van der Waals surface area contributed by atoms with Gasteiger partial charge in [-0.3, -0.25) is 4.79 Å². The van der Waals surface area contributed by atoms with E-state index in [1.54, 1.807) is 7.11 Å². The van der Waals surface area contributed by atoms with E-state index in [9.17, 15) is 4.79 Å². The van der Waals surface area contributed by atoms with Crippen LogP contribution >= 0.6 is 0 Å². The molecular formula is C11H19NO3. The number of esters is 1. The first-order valence-electron chi connectivity index (χ1n) is 5.15. The Balaban J connectivity index is 2.39. The average Bonchev–Trinajstić information content (AvgIpc) is 2.20. The summed E-state index contributed by atoms with van der Waals surface area (Å²) in [5, 5.41) is 3.32. The first-order chi connectivity index (χ1) is 7.12. The minimum Gasteiger partial charge on any atom is -0.500 e. The zero-order valence-electron chi connectivity index (χ0n) is 9.47. The van der Waals surface area contributed by atoms with Crippen LogP contribution in [0.1, 0.15) is 25.7 Å². The molecule has 0 spiro atoms. The fourth-order valence-electron chi connectivity index (χ4n) is 1.73. The smallest absolute Gasteiger partial charge is 0.307 e. The van der Waals surface area contributed by atoms with E-state index in [2.05, 4.69) is 16.6 Å². The molecule has 0 aliphatic heterocycles. The van der Waals surface area contributed by atoms with E-state index in [4.69, 9.17) is 4.74 Å². The van der Waals surface area contributed by atoms with Crippen LogP contribution < -0.4 is 5.32 Å². The molecule has 0 aromatic rings. The Morgan fingerprint density at radius 1 is 1.40 bits per heavy atom. The van der Waals surface area contributed by atoms with Crippen LogP contribution in [0.5, 0.6) is 0 Å². The first-order valence-corrected chi connectivity index (χ1v) is 5.15. The van der Waals surface area contributed by atoms with Gasteiger partial charge in [-0.2, -0.15) is 0 Å². The van der Waals surface area contributed by atoms with Gasteiger partial charge in [-0.05, 0) is 19.3 Å². The first kappa shape index (κ1) is 12.0. The minimum absolute atomic E-state index is 0.0887. The average molecular weight is 213 g/mol. The molecule has 4 heteroatoms. The molecule has 1 aliphatic carbocycles. The van der Waals surface area contributed by atoms with Crippen LogP contribution in [-0.2, 0) is 14.3 Å². The molecule has 1 saturated carbocycles. The van der Waals surface area contributed by atoms with Gasteiger partial charge in [-0.1, -0.05) is 6.58 Å². The van der Waals surface area contributed by atoms with Gasteiger partial charge in [-0.25, -0.2) is 0 Å². The van der Waals surface area contributed by atoms with Crippen LogP contribution in [0.2, 0.25) is 0 Å². The van der Waals surface area contributed by atoms with Crippen LogP contribution in [0.3, 0.4) is 0 Å². The van der Waals surface area contributed by atoms with Gasteiger partial charge in [0.15, 0.2) is 0 Å². The van der Waals surface area contributed by atoms with Crippen molar-refractivity contribution in [3.05, 3.63) is 12.3 Å². The number of hydrogen-bond donors (Lipinski definition) is 1. The molecular weight excluding hydrogens is 194 g/mol. The molecule has 0 radical (unpaired) electrons. The standard InChI is InChI=1S/C11H19NO3/c1-9(14-2)8-12-11(5-4-6-11)7-10(13)15-3/h12H,1,4-8H2,2-3H3. The van der Waals surface area contributed by atoms with Crippen molar-refractivity contribution in [3.63, 3.8) is 0 Å². The third-order valence-electron chi connectivity index (χ3n) is 2.97. The summed E-state index contributed by atoms with van der Waals surface area (Å²) in [6.45, 7) is 4.32. The predicted octanol–water partition coefficient (Wildman–Crippen LogP) is 1.22. The largest absolute Gasteiger partial charge is 0.500 e. The molecule has 1 N–H and O–H groups in total. The summed E-state index contributed by atoms with van der Waals surface area (Å²) in [6, 6.07) is 0. The van der Waals surface area contributed by atoms with Gasteiger partial charge in [0, 0.05) is 5.54 Å². The lowest BCUT2D eigenvalue weighted by Gasteiger charge is -2.42. The van der Waals surface area contributed by atoms with E-state index in [0.717, 1.165) is 19.3 Å². The topological polar surface area (TPSA) is 47.6 Å². The van der Waals surface area contributed by atoms with Crippen LogP contribution in [0.25, 0.3) is 0 Å². The van der Waals surface area contributed by atoms with Crippen molar-refractivity contribution in [1.82, 2.24) is 5.32 Å². The maximum atomic E-state index is 11.2.